The second kappa shape index (κ2) is 7.91. The van der Waals surface area contributed by atoms with Crippen molar-refractivity contribution in [1.82, 2.24) is 24.9 Å². The van der Waals surface area contributed by atoms with E-state index in [1.807, 2.05) is 0 Å². The minimum absolute atomic E-state index is 0.733. The van der Waals surface area contributed by atoms with Gasteiger partial charge in [0.25, 0.3) is 0 Å². The summed E-state index contributed by atoms with van der Waals surface area (Å²) in [4.78, 5) is 5.30. The molecule has 2 aromatic rings. The minimum atomic E-state index is 0.733. The van der Waals surface area contributed by atoms with Crippen LogP contribution in [0.25, 0.3) is 0 Å². The lowest BCUT2D eigenvalue weighted by molar-refractivity contribution is 0.170. The Kier molecular flexibility index (Phi) is 5.38. The molecule has 0 aliphatic carbocycles. The Balaban J connectivity index is 1.40. The van der Waals surface area contributed by atoms with Crippen molar-refractivity contribution < 1.29 is 0 Å². The van der Waals surface area contributed by atoms with Crippen LogP contribution in [-0.2, 0) is 13.1 Å². The van der Waals surface area contributed by atoms with Crippen molar-refractivity contribution in [3.8, 4) is 0 Å². The second-order valence-electron chi connectivity index (χ2n) is 7.76. The number of hydrogen-bond acceptors (Lipinski definition) is 4. The van der Waals surface area contributed by atoms with Crippen molar-refractivity contribution in [2.75, 3.05) is 39.3 Å². The fourth-order valence-electron chi connectivity index (χ4n) is 4.40. The summed E-state index contributed by atoms with van der Waals surface area (Å²) in [6, 6.07) is 11.4. The zero-order valence-corrected chi connectivity index (χ0v) is 16.1. The highest BCUT2D eigenvalue weighted by Crippen LogP contribution is 2.22. The normalized spacial score (nSPS) is 22.2. The Labute approximate surface area is 157 Å². The van der Waals surface area contributed by atoms with Gasteiger partial charge in [-0.25, -0.2) is 0 Å². The van der Waals surface area contributed by atoms with Gasteiger partial charge in [0.15, 0.2) is 0 Å². The van der Waals surface area contributed by atoms with E-state index in [0.29, 0.717) is 0 Å². The van der Waals surface area contributed by atoms with Gasteiger partial charge in [0, 0.05) is 63.1 Å². The van der Waals surface area contributed by atoms with Crippen molar-refractivity contribution in [3.05, 3.63) is 52.8 Å². The number of piperazine rings is 1. The molecular weight excluding hydrogens is 322 g/mol. The number of benzene rings is 1. The molecule has 140 valence electrons. The van der Waals surface area contributed by atoms with Gasteiger partial charge in [-0.2, -0.15) is 5.10 Å². The Morgan fingerprint density at radius 2 is 1.81 bits per heavy atom. The van der Waals surface area contributed by atoms with Crippen LogP contribution in [0.15, 0.2) is 30.3 Å². The maximum absolute atomic E-state index is 4.83. The molecule has 1 aromatic carbocycles. The van der Waals surface area contributed by atoms with E-state index in [2.05, 4.69) is 64.0 Å². The highest BCUT2D eigenvalue weighted by molar-refractivity contribution is 5.26. The molecule has 4 rings (SSSR count). The average Bonchev–Trinajstić information content (AvgIpc) is 3.24. The van der Waals surface area contributed by atoms with Crippen LogP contribution in [0.4, 0.5) is 0 Å². The summed E-state index contributed by atoms with van der Waals surface area (Å²) >= 11 is 0. The van der Waals surface area contributed by atoms with Crippen LogP contribution in [0.1, 0.15) is 28.9 Å². The number of nitrogens with one attached hydrogen (secondary N) is 1. The first-order valence-corrected chi connectivity index (χ1v) is 9.94. The maximum atomic E-state index is 4.83. The standard InChI is InChI=1S/C21H31N5/c1-17-21(18(2)26(23-17)14-19-6-4-3-5-7-19)16-24-11-8-20(15-24)25-12-9-22-10-13-25/h3-7,20,22H,8-16H2,1-2H3. The van der Waals surface area contributed by atoms with Crippen LogP contribution >= 0.6 is 0 Å². The first-order chi connectivity index (χ1) is 12.7. The third-order valence-corrected chi connectivity index (χ3v) is 6.00. The number of aryl methyl sites for hydroxylation is 1. The summed E-state index contributed by atoms with van der Waals surface area (Å²) in [6.45, 7) is 13.4. The predicted octanol–water partition coefficient (Wildman–Crippen LogP) is 2.03. The SMILES string of the molecule is Cc1nn(Cc2ccccc2)c(C)c1CN1CCC(N2CCNCC2)C1. The van der Waals surface area contributed by atoms with Gasteiger partial charge >= 0.3 is 0 Å². The Morgan fingerprint density at radius 3 is 2.58 bits per heavy atom. The topological polar surface area (TPSA) is 36.3 Å². The van der Waals surface area contributed by atoms with Crippen LogP contribution in [0, 0.1) is 13.8 Å². The largest absolute Gasteiger partial charge is 0.314 e. The third kappa shape index (κ3) is 3.85. The lowest BCUT2D eigenvalue weighted by Crippen LogP contribution is -2.49. The molecule has 2 saturated heterocycles. The van der Waals surface area contributed by atoms with E-state index in [1.165, 1.54) is 55.1 Å². The van der Waals surface area contributed by atoms with Gasteiger partial charge < -0.3 is 5.32 Å². The number of rotatable bonds is 5. The number of aromatic nitrogens is 2. The van der Waals surface area contributed by atoms with Crippen molar-refractivity contribution >= 4 is 0 Å². The highest BCUT2D eigenvalue weighted by Gasteiger charge is 2.29. The van der Waals surface area contributed by atoms with E-state index in [0.717, 1.165) is 32.2 Å². The van der Waals surface area contributed by atoms with E-state index in [9.17, 15) is 0 Å². The molecule has 1 N–H and O–H groups in total. The number of nitrogens with zero attached hydrogens (tertiary/aromatic N) is 4. The second-order valence-corrected chi connectivity index (χ2v) is 7.76. The minimum Gasteiger partial charge on any atom is -0.314 e. The zero-order valence-electron chi connectivity index (χ0n) is 16.1. The first-order valence-electron chi connectivity index (χ1n) is 9.94. The van der Waals surface area contributed by atoms with E-state index < -0.39 is 0 Å². The molecule has 26 heavy (non-hydrogen) atoms. The molecule has 5 heteroatoms. The summed E-state index contributed by atoms with van der Waals surface area (Å²) in [5, 5.41) is 8.29. The van der Waals surface area contributed by atoms with Crippen LogP contribution in [0.3, 0.4) is 0 Å². The Bertz CT molecular complexity index is 718. The predicted molar refractivity (Wildman–Crippen MR) is 105 cm³/mol. The van der Waals surface area contributed by atoms with Crippen molar-refractivity contribution in [3.63, 3.8) is 0 Å². The molecule has 0 bridgehead atoms. The summed E-state index contributed by atoms with van der Waals surface area (Å²) in [5.74, 6) is 0. The maximum Gasteiger partial charge on any atom is 0.0662 e. The van der Waals surface area contributed by atoms with Gasteiger partial charge in [-0.1, -0.05) is 30.3 Å². The van der Waals surface area contributed by atoms with E-state index in [1.54, 1.807) is 0 Å². The molecule has 0 radical (unpaired) electrons. The highest BCUT2D eigenvalue weighted by atomic mass is 15.3. The molecule has 5 nitrogen and oxygen atoms in total. The van der Waals surface area contributed by atoms with Crippen molar-refractivity contribution in [2.45, 2.75) is 39.4 Å². The molecule has 2 aliphatic rings. The van der Waals surface area contributed by atoms with Gasteiger partial charge in [0.05, 0.1) is 12.2 Å². The van der Waals surface area contributed by atoms with Crippen LogP contribution in [0.5, 0.6) is 0 Å². The Hall–Kier alpha value is -1.69. The molecule has 0 spiro atoms. The van der Waals surface area contributed by atoms with Crippen LogP contribution in [-0.4, -0.2) is 64.9 Å². The van der Waals surface area contributed by atoms with E-state index in [-0.39, 0.29) is 0 Å². The van der Waals surface area contributed by atoms with Gasteiger partial charge in [0.1, 0.15) is 0 Å². The van der Waals surface area contributed by atoms with Gasteiger partial charge in [-0.3, -0.25) is 14.5 Å². The summed E-state index contributed by atoms with van der Waals surface area (Å²) < 4.78 is 2.17. The molecule has 1 atom stereocenters. The molecule has 1 aromatic heterocycles. The van der Waals surface area contributed by atoms with E-state index >= 15 is 0 Å². The quantitative estimate of drug-likeness (QED) is 0.892. The smallest absolute Gasteiger partial charge is 0.0662 e. The fraction of sp³-hybridized carbons (Fsp3) is 0.571. The van der Waals surface area contributed by atoms with Crippen LogP contribution < -0.4 is 5.32 Å². The number of hydrogen-bond donors (Lipinski definition) is 1. The molecule has 2 fully saturated rings. The molecule has 0 amide bonds. The van der Waals surface area contributed by atoms with Crippen molar-refractivity contribution in [2.24, 2.45) is 0 Å². The van der Waals surface area contributed by atoms with Crippen LogP contribution in [0.2, 0.25) is 0 Å². The lowest BCUT2D eigenvalue weighted by Gasteiger charge is -2.32. The van der Waals surface area contributed by atoms with Gasteiger partial charge in [-0.15, -0.1) is 0 Å². The summed E-state index contributed by atoms with van der Waals surface area (Å²) in [7, 11) is 0. The summed E-state index contributed by atoms with van der Waals surface area (Å²) in [5.41, 5.74) is 5.23. The Morgan fingerprint density at radius 1 is 1.04 bits per heavy atom. The molecule has 2 aliphatic heterocycles. The first kappa shape index (κ1) is 17.7. The van der Waals surface area contributed by atoms with Crippen molar-refractivity contribution in [1.29, 1.82) is 0 Å². The average molecular weight is 354 g/mol. The zero-order chi connectivity index (χ0) is 17.9. The summed E-state index contributed by atoms with van der Waals surface area (Å²) in [6.07, 6.45) is 1.30. The van der Waals surface area contributed by atoms with E-state index in [4.69, 9.17) is 5.10 Å². The molecule has 0 saturated carbocycles. The number of likely N-dealkylation sites (tertiary alicyclic amines) is 1. The molecular formula is C21H31N5. The molecule has 3 heterocycles. The fourth-order valence-corrected chi connectivity index (χ4v) is 4.40. The van der Waals surface area contributed by atoms with Gasteiger partial charge in [-0.05, 0) is 25.8 Å². The third-order valence-electron chi connectivity index (χ3n) is 6.00. The van der Waals surface area contributed by atoms with Gasteiger partial charge in [0.2, 0.25) is 0 Å². The molecule has 1 unspecified atom stereocenters. The monoisotopic (exact) mass is 353 g/mol. The lowest BCUT2D eigenvalue weighted by atomic mass is 10.1.